The molecule has 0 aromatic heterocycles. The first kappa shape index (κ1) is 16.0. The van der Waals surface area contributed by atoms with Crippen molar-refractivity contribution in [3.05, 3.63) is 41.7 Å². The van der Waals surface area contributed by atoms with Gasteiger partial charge in [0.05, 0.1) is 0 Å². The summed E-state index contributed by atoms with van der Waals surface area (Å²) >= 11 is 1.79. The minimum absolute atomic E-state index is 0.0810. The van der Waals surface area contributed by atoms with Crippen molar-refractivity contribution in [3.8, 4) is 0 Å². The predicted molar refractivity (Wildman–Crippen MR) is 84.7 cm³/mol. The molecule has 0 saturated carbocycles. The van der Waals surface area contributed by atoms with E-state index in [4.69, 9.17) is 4.74 Å². The molecule has 0 spiro atoms. The second-order valence-electron chi connectivity index (χ2n) is 5.10. The molecule has 5 heteroatoms. The van der Waals surface area contributed by atoms with Crippen LogP contribution in [0.5, 0.6) is 0 Å². The maximum Gasteiger partial charge on any atom is 0.244 e. The van der Waals surface area contributed by atoms with Gasteiger partial charge in [-0.2, -0.15) is 11.8 Å². The second kappa shape index (κ2) is 7.61. The Bertz CT molecular complexity index is 496. The van der Waals surface area contributed by atoms with Crippen LogP contribution in [0.1, 0.15) is 18.4 Å². The van der Waals surface area contributed by atoms with E-state index in [1.165, 1.54) is 18.2 Å². The van der Waals surface area contributed by atoms with Crippen molar-refractivity contribution < 1.29 is 13.9 Å². The maximum absolute atomic E-state index is 12.8. The minimum Gasteiger partial charge on any atom is -0.381 e. The van der Waals surface area contributed by atoms with Crippen molar-refractivity contribution in [1.29, 1.82) is 0 Å². The summed E-state index contributed by atoms with van der Waals surface area (Å²) in [7, 11) is 0. The lowest BCUT2D eigenvalue weighted by Crippen LogP contribution is -2.43. The van der Waals surface area contributed by atoms with Crippen LogP contribution in [0.25, 0.3) is 6.08 Å². The molecule has 21 heavy (non-hydrogen) atoms. The number of benzene rings is 1. The van der Waals surface area contributed by atoms with Gasteiger partial charge >= 0.3 is 0 Å². The number of carbonyl (C=O) groups is 1. The van der Waals surface area contributed by atoms with Crippen LogP contribution < -0.4 is 5.32 Å². The van der Waals surface area contributed by atoms with Crippen LogP contribution in [-0.2, 0) is 9.53 Å². The number of rotatable bonds is 5. The van der Waals surface area contributed by atoms with Crippen LogP contribution >= 0.6 is 11.8 Å². The standard InChI is InChI=1S/C16H20FNO2S/c1-21-16(8-10-20-11-9-16)12-18-15(19)7-4-13-2-5-14(17)6-3-13/h2-7H,8-12H2,1H3,(H,18,19)/b7-4+. The van der Waals surface area contributed by atoms with Crippen molar-refractivity contribution in [2.75, 3.05) is 26.0 Å². The highest BCUT2D eigenvalue weighted by Crippen LogP contribution is 2.32. The van der Waals surface area contributed by atoms with Crippen molar-refractivity contribution in [1.82, 2.24) is 5.32 Å². The first-order valence-corrected chi connectivity index (χ1v) is 8.20. The van der Waals surface area contributed by atoms with Gasteiger partial charge in [0, 0.05) is 30.6 Å². The lowest BCUT2D eigenvalue weighted by atomic mass is 9.99. The third-order valence-corrected chi connectivity index (χ3v) is 5.14. The number of hydrogen-bond donors (Lipinski definition) is 1. The van der Waals surface area contributed by atoms with Crippen molar-refractivity contribution in [2.24, 2.45) is 0 Å². The summed E-state index contributed by atoms with van der Waals surface area (Å²) in [4.78, 5) is 11.9. The summed E-state index contributed by atoms with van der Waals surface area (Å²) < 4.78 is 18.2. The van der Waals surface area contributed by atoms with Gasteiger partial charge in [-0.3, -0.25) is 4.79 Å². The van der Waals surface area contributed by atoms with E-state index < -0.39 is 0 Å². The Morgan fingerprint density at radius 2 is 2.05 bits per heavy atom. The summed E-state index contributed by atoms with van der Waals surface area (Å²) in [5.74, 6) is -0.405. The van der Waals surface area contributed by atoms with E-state index in [0.717, 1.165) is 31.6 Å². The molecule has 1 aliphatic heterocycles. The van der Waals surface area contributed by atoms with E-state index in [-0.39, 0.29) is 16.5 Å². The molecule has 1 fully saturated rings. The highest BCUT2D eigenvalue weighted by atomic mass is 32.2. The van der Waals surface area contributed by atoms with Crippen LogP contribution in [0.15, 0.2) is 30.3 Å². The van der Waals surface area contributed by atoms with Crippen LogP contribution in [0.4, 0.5) is 4.39 Å². The van der Waals surface area contributed by atoms with E-state index >= 15 is 0 Å². The third kappa shape index (κ3) is 4.86. The van der Waals surface area contributed by atoms with Gasteiger partial charge in [-0.1, -0.05) is 12.1 Å². The Hall–Kier alpha value is -1.33. The molecule has 1 amide bonds. The van der Waals surface area contributed by atoms with Gasteiger partial charge in [0.15, 0.2) is 0 Å². The Morgan fingerprint density at radius 1 is 1.38 bits per heavy atom. The molecule has 0 aliphatic carbocycles. The number of ether oxygens (including phenoxy) is 1. The zero-order chi connectivity index (χ0) is 15.1. The zero-order valence-corrected chi connectivity index (χ0v) is 12.9. The predicted octanol–water partition coefficient (Wildman–Crippen LogP) is 2.87. The van der Waals surface area contributed by atoms with Gasteiger partial charge < -0.3 is 10.1 Å². The van der Waals surface area contributed by atoms with E-state index in [0.29, 0.717) is 6.54 Å². The van der Waals surface area contributed by atoms with Crippen molar-refractivity contribution in [3.63, 3.8) is 0 Å². The molecule has 114 valence electrons. The van der Waals surface area contributed by atoms with E-state index in [9.17, 15) is 9.18 Å². The van der Waals surface area contributed by atoms with Gasteiger partial charge in [0.25, 0.3) is 0 Å². The van der Waals surface area contributed by atoms with Gasteiger partial charge in [0.2, 0.25) is 5.91 Å². The van der Waals surface area contributed by atoms with Crippen molar-refractivity contribution in [2.45, 2.75) is 17.6 Å². The number of nitrogens with one attached hydrogen (secondary N) is 1. The molecule has 1 aliphatic rings. The normalized spacial score (nSPS) is 17.8. The van der Waals surface area contributed by atoms with Crippen LogP contribution in [0.3, 0.4) is 0 Å². The molecule has 0 unspecified atom stereocenters. The fraction of sp³-hybridized carbons (Fsp3) is 0.438. The molecule has 2 rings (SSSR count). The highest BCUT2D eigenvalue weighted by molar-refractivity contribution is 8.00. The Labute approximate surface area is 128 Å². The molecule has 1 N–H and O–H groups in total. The molecule has 1 aromatic carbocycles. The fourth-order valence-electron chi connectivity index (χ4n) is 2.25. The summed E-state index contributed by atoms with van der Waals surface area (Å²) in [5, 5.41) is 2.95. The maximum atomic E-state index is 12.8. The minimum atomic E-state index is -0.280. The van der Waals surface area contributed by atoms with E-state index in [1.54, 1.807) is 30.0 Å². The molecule has 1 saturated heterocycles. The molecular weight excluding hydrogens is 289 g/mol. The summed E-state index contributed by atoms with van der Waals surface area (Å²) in [6.07, 6.45) is 7.16. The first-order chi connectivity index (χ1) is 10.1. The number of halogens is 1. The quantitative estimate of drug-likeness (QED) is 0.850. The monoisotopic (exact) mass is 309 g/mol. The Kier molecular flexibility index (Phi) is 5.82. The van der Waals surface area contributed by atoms with Crippen LogP contribution in [0.2, 0.25) is 0 Å². The molecule has 0 radical (unpaired) electrons. The van der Waals surface area contributed by atoms with E-state index in [1.807, 2.05) is 0 Å². The van der Waals surface area contributed by atoms with Gasteiger partial charge in [-0.05, 0) is 42.9 Å². The topological polar surface area (TPSA) is 38.3 Å². The van der Waals surface area contributed by atoms with Gasteiger partial charge in [-0.15, -0.1) is 0 Å². The molecule has 0 bridgehead atoms. The smallest absolute Gasteiger partial charge is 0.244 e. The molecule has 3 nitrogen and oxygen atoms in total. The molecule has 1 aromatic rings. The van der Waals surface area contributed by atoms with Gasteiger partial charge in [0.1, 0.15) is 5.82 Å². The average Bonchev–Trinajstić information content (AvgIpc) is 2.53. The Balaban J connectivity index is 1.85. The molecule has 0 atom stereocenters. The summed E-state index contributed by atoms with van der Waals surface area (Å²) in [6.45, 7) is 2.15. The number of amides is 1. The molecular formula is C16H20FNO2S. The largest absolute Gasteiger partial charge is 0.381 e. The van der Waals surface area contributed by atoms with Crippen LogP contribution in [-0.4, -0.2) is 36.7 Å². The first-order valence-electron chi connectivity index (χ1n) is 6.98. The lowest BCUT2D eigenvalue weighted by molar-refractivity contribution is -0.116. The highest BCUT2D eigenvalue weighted by Gasteiger charge is 2.31. The number of thioether (sulfide) groups is 1. The SMILES string of the molecule is CSC1(CNC(=O)/C=C/c2ccc(F)cc2)CCOCC1. The number of carbonyl (C=O) groups excluding carboxylic acids is 1. The zero-order valence-electron chi connectivity index (χ0n) is 12.1. The van der Waals surface area contributed by atoms with Gasteiger partial charge in [-0.25, -0.2) is 4.39 Å². The lowest BCUT2D eigenvalue weighted by Gasteiger charge is -2.35. The van der Waals surface area contributed by atoms with Crippen LogP contribution in [0, 0.1) is 5.82 Å². The number of hydrogen-bond acceptors (Lipinski definition) is 3. The summed E-state index contributed by atoms with van der Waals surface area (Å²) in [5.41, 5.74) is 0.803. The third-order valence-electron chi connectivity index (χ3n) is 3.72. The summed E-state index contributed by atoms with van der Waals surface area (Å²) in [6, 6.07) is 6.03. The second-order valence-corrected chi connectivity index (χ2v) is 6.38. The fourth-order valence-corrected chi connectivity index (χ4v) is 3.04. The van der Waals surface area contributed by atoms with Crippen molar-refractivity contribution >= 4 is 23.7 Å². The average molecular weight is 309 g/mol. The molecule has 1 heterocycles. The Morgan fingerprint density at radius 3 is 2.67 bits per heavy atom. The van der Waals surface area contributed by atoms with E-state index in [2.05, 4.69) is 11.6 Å².